The minimum Gasteiger partial charge on any atom is -1.00 e. The monoisotopic (exact) mass is 706 g/mol. The second kappa shape index (κ2) is 17.1. The van der Waals surface area contributed by atoms with Crippen LogP contribution < -0.4 is 24.8 Å². The molecular weight excluding hydrogens is 667 g/mol. The van der Waals surface area contributed by atoms with Crippen LogP contribution in [0.15, 0.2) is 110 Å². The summed E-state index contributed by atoms with van der Waals surface area (Å²) < 4.78 is 1.42. The predicted octanol–water partition coefficient (Wildman–Crippen LogP) is 4.78. The average molecular weight is 709 g/mol. The Morgan fingerprint density at radius 2 is 1.29 bits per heavy atom. The summed E-state index contributed by atoms with van der Waals surface area (Å²) in [5, 5.41) is 0. The van der Waals surface area contributed by atoms with Gasteiger partial charge in [0.25, 0.3) is 0 Å². The number of halogens is 2. The van der Waals surface area contributed by atoms with Crippen molar-refractivity contribution in [2.45, 2.75) is 53.4 Å². The molecule has 230 valence electrons. The maximum Gasteiger partial charge on any atom is -1.00 e. The van der Waals surface area contributed by atoms with E-state index in [4.69, 9.17) is 0 Å². The summed E-state index contributed by atoms with van der Waals surface area (Å²) >= 11 is 1.46. The first-order valence-corrected chi connectivity index (χ1v) is 16.1. The average Bonchev–Trinajstić information content (AvgIpc) is 3.61. The summed E-state index contributed by atoms with van der Waals surface area (Å²) in [6.07, 6.45) is 4.74. The molecule has 0 amide bonds. The fraction of sp³-hybridized carbons (Fsp3) is 0.190. The molecule has 3 heteroatoms. The van der Waals surface area contributed by atoms with Gasteiger partial charge in [0.05, 0.1) is 0 Å². The largest absolute Gasteiger partial charge is 1.00 e. The fourth-order valence-corrected chi connectivity index (χ4v) is 5.82. The third kappa shape index (κ3) is 10.3. The predicted molar refractivity (Wildman–Crippen MR) is 185 cm³/mol. The first kappa shape index (κ1) is 38.2. The molecule has 1 aliphatic carbocycles. The van der Waals surface area contributed by atoms with Gasteiger partial charge in [0, 0.05) is 0 Å². The molecule has 0 fully saturated rings. The maximum absolute atomic E-state index is 3.82. The second-order valence-electron chi connectivity index (χ2n) is 12.4. The third-order valence-electron chi connectivity index (χ3n) is 7.77. The minimum absolute atomic E-state index is 0. The molecule has 0 radical (unpaired) electrons. The molecule has 5 aromatic rings. The van der Waals surface area contributed by atoms with Gasteiger partial charge in [0.15, 0.2) is 0 Å². The van der Waals surface area contributed by atoms with Crippen LogP contribution in [0, 0.1) is 26.8 Å². The van der Waals surface area contributed by atoms with Gasteiger partial charge in [-0.1, -0.05) is 75.1 Å². The Hall–Kier alpha value is -2.96. The summed E-state index contributed by atoms with van der Waals surface area (Å²) in [7, 11) is 0. The summed E-state index contributed by atoms with van der Waals surface area (Å²) in [6.45, 7) is 20.7. The molecule has 0 aromatic heterocycles. The Morgan fingerprint density at radius 3 is 1.73 bits per heavy atom. The third-order valence-corrected chi connectivity index (χ3v) is 9.19. The molecule has 45 heavy (non-hydrogen) atoms. The van der Waals surface area contributed by atoms with Crippen LogP contribution in [0.5, 0.6) is 0 Å². The first-order valence-electron chi connectivity index (χ1n) is 14.9. The molecule has 0 unspecified atom stereocenters. The zero-order chi connectivity index (χ0) is 31.1. The van der Waals surface area contributed by atoms with E-state index in [1.165, 1.54) is 88.6 Å². The van der Waals surface area contributed by atoms with E-state index in [0.29, 0.717) is 5.41 Å². The first-order chi connectivity index (χ1) is 20.5. The topological polar surface area (TPSA) is 0 Å². The normalized spacial score (nSPS) is 10.8. The van der Waals surface area contributed by atoms with Crippen LogP contribution in [0.25, 0.3) is 23.3 Å². The van der Waals surface area contributed by atoms with Gasteiger partial charge in [0.1, 0.15) is 0 Å². The van der Waals surface area contributed by atoms with Crippen LogP contribution in [-0.4, -0.2) is 3.21 Å². The van der Waals surface area contributed by atoms with E-state index in [0.717, 1.165) is 12.0 Å². The fourth-order valence-electron chi connectivity index (χ4n) is 5.00. The van der Waals surface area contributed by atoms with E-state index < -0.39 is 0 Å². The molecule has 0 aliphatic heterocycles. The van der Waals surface area contributed by atoms with Crippen molar-refractivity contribution in [2.24, 2.45) is 0 Å². The number of hydrogen-bond acceptors (Lipinski definition) is 0. The van der Waals surface area contributed by atoms with Gasteiger partial charge in [-0.05, 0) is 12.0 Å². The van der Waals surface area contributed by atoms with E-state index in [1.807, 2.05) is 18.2 Å². The van der Waals surface area contributed by atoms with Crippen molar-refractivity contribution in [2.75, 3.05) is 0 Å². The summed E-state index contributed by atoms with van der Waals surface area (Å²) in [5.41, 5.74) is 16.0. The minimum atomic E-state index is 0. The Morgan fingerprint density at radius 1 is 0.756 bits per heavy atom. The van der Waals surface area contributed by atoms with Crippen LogP contribution >= 0.6 is 0 Å². The van der Waals surface area contributed by atoms with Crippen molar-refractivity contribution in [3.63, 3.8) is 0 Å². The molecule has 0 saturated carbocycles. The van der Waals surface area contributed by atoms with Gasteiger partial charge >= 0.3 is 112 Å². The molecule has 0 N–H and O–H groups in total. The van der Waals surface area contributed by atoms with Gasteiger partial charge in [-0.25, -0.2) is 6.07 Å². The van der Waals surface area contributed by atoms with Gasteiger partial charge in [-0.3, -0.25) is 0 Å². The number of aryl methyl sites for hydroxylation is 3. The smallest absolute Gasteiger partial charge is 1.00 e. The summed E-state index contributed by atoms with van der Waals surface area (Å²) in [6, 6.07) is 38.2. The van der Waals surface area contributed by atoms with E-state index in [2.05, 4.69) is 152 Å². The number of hydrogen-bond donors (Lipinski definition) is 0. The van der Waals surface area contributed by atoms with E-state index >= 15 is 0 Å². The zero-order valence-electron chi connectivity index (χ0n) is 27.3. The summed E-state index contributed by atoms with van der Waals surface area (Å²) in [5.74, 6) is 0. The molecule has 0 spiro atoms. The van der Waals surface area contributed by atoms with Crippen LogP contribution in [-0.2, 0) is 36.1 Å². The summed E-state index contributed by atoms with van der Waals surface area (Å²) in [4.78, 5) is 0. The zero-order valence-corrected chi connectivity index (χ0v) is 31.2. The Bertz CT molecular complexity index is 1630. The van der Waals surface area contributed by atoms with Crippen molar-refractivity contribution in [1.82, 2.24) is 0 Å². The van der Waals surface area contributed by atoms with Crippen molar-refractivity contribution >= 4 is 15.4 Å². The quantitative estimate of drug-likeness (QED) is 0.232. The standard InChI is InChI=1S/C17H13.C15H14.C10H15.2ClH.Zr/c1-3-12-5-7-14-11-15-8-6-13(4-2)10-17(15)16(14)9-12;1-12-3-7-14(8-4-12)11-15-9-5-13(2)6-10-15;1-8-5-6-9(7-8)10(2,3)4;;;/h3-7,9-10H,1-2,11H2;3-10H,1-2H3;5-7H,1-4H3;2*1H;/q-1;;-1;;;+2/p-2. The molecule has 0 heterocycles. The van der Waals surface area contributed by atoms with Gasteiger partial charge in [-0.2, -0.15) is 47.0 Å². The van der Waals surface area contributed by atoms with Crippen LogP contribution in [0.2, 0.25) is 0 Å². The molecule has 0 saturated heterocycles. The van der Waals surface area contributed by atoms with Crippen molar-refractivity contribution in [3.05, 3.63) is 172 Å². The van der Waals surface area contributed by atoms with Crippen LogP contribution in [0.1, 0.15) is 76.4 Å². The molecule has 6 rings (SSSR count). The second-order valence-corrected chi connectivity index (χ2v) is 13.6. The van der Waals surface area contributed by atoms with Crippen molar-refractivity contribution in [3.8, 4) is 11.1 Å². The molecule has 5 aromatic carbocycles. The van der Waals surface area contributed by atoms with E-state index in [9.17, 15) is 0 Å². The SMILES string of the molecule is C=Cc1c[c-]c2c(c1)-c1cc(C=C)ccc1C2.Cc1cc(C(C)(C)C)c[cH-]1.Cc1ccc([C](=[Zr+2])c2ccc(C)cc2)cc1.[Cl-].[Cl-]. The molecular formula is C42H42Cl2Zr-2. The number of fused-ring (bicyclic) bond motifs is 3. The van der Waals surface area contributed by atoms with E-state index in [1.54, 1.807) is 0 Å². The molecule has 0 atom stereocenters. The molecule has 0 bridgehead atoms. The Balaban J connectivity index is 0.000000238. The maximum atomic E-state index is 3.82. The molecule has 1 aliphatic rings. The Labute approximate surface area is 298 Å². The van der Waals surface area contributed by atoms with Crippen LogP contribution in [0.3, 0.4) is 0 Å². The van der Waals surface area contributed by atoms with Crippen molar-refractivity contribution < 1.29 is 49.0 Å². The van der Waals surface area contributed by atoms with Crippen LogP contribution in [0.4, 0.5) is 0 Å². The van der Waals surface area contributed by atoms with Gasteiger partial charge in [-0.15, -0.1) is 23.8 Å². The van der Waals surface area contributed by atoms with Gasteiger partial charge < -0.3 is 24.8 Å². The van der Waals surface area contributed by atoms with Crippen molar-refractivity contribution in [1.29, 1.82) is 0 Å². The Kier molecular flexibility index (Phi) is 14.5. The van der Waals surface area contributed by atoms with Gasteiger partial charge in [0.2, 0.25) is 0 Å². The number of benzene rings is 4. The van der Waals surface area contributed by atoms with E-state index in [-0.39, 0.29) is 24.8 Å². The number of rotatable bonds is 4. The molecule has 0 nitrogen and oxygen atoms in total.